The van der Waals surface area contributed by atoms with Crippen molar-refractivity contribution in [2.45, 2.75) is 19.8 Å². The van der Waals surface area contributed by atoms with Gasteiger partial charge in [-0.1, -0.05) is 30.7 Å². The average Bonchev–Trinajstić information content (AvgIpc) is 2.38. The van der Waals surface area contributed by atoms with Gasteiger partial charge in [0.25, 0.3) is 5.91 Å². The summed E-state index contributed by atoms with van der Waals surface area (Å²) in [7, 11) is 0. The minimum Gasteiger partial charge on any atom is -0.351 e. The number of nitrogens with one attached hydrogen (secondary N) is 2. The number of hydrogen-bond donors (Lipinski definition) is 2. The Bertz CT molecular complexity index is 431. The number of hydrogen-bond acceptors (Lipinski definition) is 2. The molecule has 1 aliphatic heterocycles. The first-order chi connectivity index (χ1) is 8.61. The van der Waals surface area contributed by atoms with Gasteiger partial charge in [0.05, 0.1) is 10.6 Å². The van der Waals surface area contributed by atoms with Crippen LogP contribution in [0.25, 0.3) is 0 Å². The lowest BCUT2D eigenvalue weighted by Crippen LogP contribution is -2.42. The molecule has 19 heavy (non-hydrogen) atoms. The van der Waals surface area contributed by atoms with Crippen LogP contribution in [0.3, 0.4) is 0 Å². The molecule has 0 bridgehead atoms. The maximum atomic E-state index is 12.0. The summed E-state index contributed by atoms with van der Waals surface area (Å²) < 4.78 is 0. The van der Waals surface area contributed by atoms with Crippen LogP contribution in [0.4, 0.5) is 0 Å². The lowest BCUT2D eigenvalue weighted by atomic mass is 9.81. The third-order valence-corrected chi connectivity index (χ3v) is 3.93. The lowest BCUT2D eigenvalue weighted by molar-refractivity contribution is 0.0922. The summed E-state index contributed by atoms with van der Waals surface area (Å²) in [5.41, 5.74) is 0.749. The zero-order valence-electron chi connectivity index (χ0n) is 11.0. The monoisotopic (exact) mass is 302 g/mol. The molecule has 1 aromatic rings. The second-order valence-electron chi connectivity index (χ2n) is 5.22. The molecule has 1 saturated heterocycles. The Balaban J connectivity index is 0.00000180. The molecule has 0 unspecified atom stereocenters. The second-order valence-corrected chi connectivity index (χ2v) is 5.63. The van der Waals surface area contributed by atoms with E-state index >= 15 is 0 Å². The summed E-state index contributed by atoms with van der Waals surface area (Å²) in [6.45, 7) is 4.98. The van der Waals surface area contributed by atoms with Gasteiger partial charge in [0.2, 0.25) is 0 Å². The van der Waals surface area contributed by atoms with Crippen molar-refractivity contribution in [1.29, 1.82) is 0 Å². The summed E-state index contributed by atoms with van der Waals surface area (Å²) in [5.74, 6) is -0.0830. The van der Waals surface area contributed by atoms with E-state index in [0.29, 0.717) is 17.1 Å². The van der Waals surface area contributed by atoms with E-state index in [1.54, 1.807) is 12.1 Å². The summed E-state index contributed by atoms with van der Waals surface area (Å²) in [6, 6.07) is 7.14. The van der Waals surface area contributed by atoms with E-state index in [2.05, 4.69) is 17.6 Å². The largest absolute Gasteiger partial charge is 0.351 e. The highest BCUT2D eigenvalue weighted by molar-refractivity contribution is 6.33. The lowest BCUT2D eigenvalue weighted by Gasteiger charge is -2.34. The van der Waals surface area contributed by atoms with Gasteiger partial charge in [-0.05, 0) is 43.5 Å². The molecule has 0 radical (unpaired) electrons. The van der Waals surface area contributed by atoms with Gasteiger partial charge in [-0.15, -0.1) is 12.4 Å². The number of carbonyl (C=O) groups is 1. The molecule has 2 rings (SSSR count). The highest BCUT2D eigenvalue weighted by Crippen LogP contribution is 2.27. The van der Waals surface area contributed by atoms with Crippen LogP contribution < -0.4 is 10.6 Å². The Morgan fingerprint density at radius 1 is 1.37 bits per heavy atom. The van der Waals surface area contributed by atoms with Crippen molar-refractivity contribution < 1.29 is 4.79 Å². The normalized spacial score (nSPS) is 17.4. The van der Waals surface area contributed by atoms with E-state index in [-0.39, 0.29) is 23.7 Å². The van der Waals surface area contributed by atoms with Gasteiger partial charge in [0.1, 0.15) is 0 Å². The van der Waals surface area contributed by atoms with Gasteiger partial charge in [-0.25, -0.2) is 0 Å². The van der Waals surface area contributed by atoms with Gasteiger partial charge in [0, 0.05) is 6.54 Å². The van der Waals surface area contributed by atoms with Crippen molar-refractivity contribution >= 4 is 29.9 Å². The predicted octanol–water partition coefficient (Wildman–Crippen LogP) is 2.88. The van der Waals surface area contributed by atoms with Crippen LogP contribution in [-0.4, -0.2) is 25.5 Å². The molecule has 1 heterocycles. The number of amides is 1. The van der Waals surface area contributed by atoms with Crippen LogP contribution in [0, 0.1) is 5.41 Å². The predicted molar refractivity (Wildman–Crippen MR) is 81.2 cm³/mol. The highest BCUT2D eigenvalue weighted by atomic mass is 35.5. The number of carbonyl (C=O) groups excluding carboxylic acids is 1. The van der Waals surface area contributed by atoms with Crippen molar-refractivity contribution in [3.63, 3.8) is 0 Å². The number of halogens is 2. The molecule has 1 aliphatic rings. The van der Waals surface area contributed by atoms with Crippen LogP contribution in [0.2, 0.25) is 5.02 Å². The fraction of sp³-hybridized carbons (Fsp3) is 0.500. The smallest absolute Gasteiger partial charge is 0.252 e. The van der Waals surface area contributed by atoms with E-state index < -0.39 is 0 Å². The molecule has 0 spiro atoms. The van der Waals surface area contributed by atoms with Crippen molar-refractivity contribution in [2.75, 3.05) is 19.6 Å². The van der Waals surface area contributed by atoms with Crippen LogP contribution in [0.5, 0.6) is 0 Å². The van der Waals surface area contributed by atoms with Crippen molar-refractivity contribution in [3.05, 3.63) is 34.9 Å². The van der Waals surface area contributed by atoms with Gasteiger partial charge >= 0.3 is 0 Å². The fourth-order valence-electron chi connectivity index (χ4n) is 2.24. The first-order valence-electron chi connectivity index (χ1n) is 6.34. The highest BCUT2D eigenvalue weighted by Gasteiger charge is 2.27. The molecule has 106 valence electrons. The second kappa shape index (κ2) is 7.13. The Kier molecular flexibility index (Phi) is 6.11. The number of rotatable bonds is 3. The quantitative estimate of drug-likeness (QED) is 0.901. The summed E-state index contributed by atoms with van der Waals surface area (Å²) in [5, 5.41) is 6.84. The summed E-state index contributed by atoms with van der Waals surface area (Å²) in [6.07, 6.45) is 2.19. The Hall–Kier alpha value is -0.770. The first kappa shape index (κ1) is 16.3. The third-order valence-electron chi connectivity index (χ3n) is 3.60. The SMILES string of the molecule is CC1(CNC(=O)c2ccccc2Cl)CCNCC1.Cl. The number of benzene rings is 1. The van der Waals surface area contributed by atoms with Gasteiger partial charge in [-0.3, -0.25) is 4.79 Å². The van der Waals surface area contributed by atoms with E-state index in [9.17, 15) is 4.79 Å². The maximum Gasteiger partial charge on any atom is 0.252 e. The molecule has 0 aliphatic carbocycles. The zero-order valence-corrected chi connectivity index (χ0v) is 12.6. The Morgan fingerprint density at radius 2 is 2.00 bits per heavy atom. The molecular weight excluding hydrogens is 283 g/mol. The van der Waals surface area contributed by atoms with E-state index in [0.717, 1.165) is 25.9 Å². The molecule has 3 nitrogen and oxygen atoms in total. The number of piperidine rings is 1. The Labute approximate surface area is 125 Å². The molecule has 1 aromatic carbocycles. The van der Waals surface area contributed by atoms with E-state index in [1.807, 2.05) is 12.1 Å². The van der Waals surface area contributed by atoms with Crippen LogP contribution in [0.1, 0.15) is 30.1 Å². The van der Waals surface area contributed by atoms with Crippen molar-refractivity contribution in [2.24, 2.45) is 5.41 Å². The van der Waals surface area contributed by atoms with Crippen LogP contribution in [-0.2, 0) is 0 Å². The van der Waals surface area contributed by atoms with E-state index in [1.165, 1.54) is 0 Å². The molecule has 2 N–H and O–H groups in total. The van der Waals surface area contributed by atoms with Gasteiger partial charge in [-0.2, -0.15) is 0 Å². The summed E-state index contributed by atoms with van der Waals surface area (Å²) >= 11 is 6.00. The molecule has 0 saturated carbocycles. The molecule has 0 aromatic heterocycles. The fourth-order valence-corrected chi connectivity index (χ4v) is 2.46. The first-order valence-corrected chi connectivity index (χ1v) is 6.72. The van der Waals surface area contributed by atoms with Gasteiger partial charge < -0.3 is 10.6 Å². The average molecular weight is 303 g/mol. The minimum absolute atomic E-state index is 0. The standard InChI is InChI=1S/C14H19ClN2O.ClH/c1-14(6-8-16-9-7-14)10-17-13(18)11-4-2-3-5-12(11)15;/h2-5,16H,6-10H2,1H3,(H,17,18);1H. The Morgan fingerprint density at radius 3 is 2.63 bits per heavy atom. The van der Waals surface area contributed by atoms with Gasteiger partial charge in [0.15, 0.2) is 0 Å². The molecule has 1 amide bonds. The third kappa shape index (κ3) is 4.37. The van der Waals surface area contributed by atoms with Crippen LogP contribution >= 0.6 is 24.0 Å². The maximum absolute atomic E-state index is 12.0. The molecule has 0 atom stereocenters. The molecular formula is C14H20Cl2N2O. The van der Waals surface area contributed by atoms with Crippen LogP contribution in [0.15, 0.2) is 24.3 Å². The topological polar surface area (TPSA) is 41.1 Å². The van der Waals surface area contributed by atoms with E-state index in [4.69, 9.17) is 11.6 Å². The minimum atomic E-state index is -0.0830. The zero-order chi connectivity index (χ0) is 13.0. The van der Waals surface area contributed by atoms with Crippen molar-refractivity contribution in [3.8, 4) is 0 Å². The molecule has 1 fully saturated rings. The molecule has 5 heteroatoms. The summed E-state index contributed by atoms with van der Waals surface area (Å²) in [4.78, 5) is 12.0. The van der Waals surface area contributed by atoms with Crippen molar-refractivity contribution in [1.82, 2.24) is 10.6 Å².